The third-order valence-corrected chi connectivity index (χ3v) is 3.41. The maximum absolute atomic E-state index is 11.9. The summed E-state index contributed by atoms with van der Waals surface area (Å²) in [4.78, 5) is 20.8. The van der Waals surface area contributed by atoms with Gasteiger partial charge in [-0.2, -0.15) is 0 Å². The van der Waals surface area contributed by atoms with Gasteiger partial charge >= 0.3 is 0 Å². The van der Waals surface area contributed by atoms with Gasteiger partial charge in [-0.3, -0.25) is 9.78 Å². The van der Waals surface area contributed by atoms with Crippen molar-refractivity contribution < 1.29 is 4.74 Å². The predicted molar refractivity (Wildman–Crippen MR) is 74.7 cm³/mol. The van der Waals surface area contributed by atoms with E-state index in [1.807, 2.05) is 24.3 Å². The third kappa shape index (κ3) is 1.58. The molecule has 0 saturated carbocycles. The normalized spacial score (nSPS) is 12.4. The Morgan fingerprint density at radius 3 is 2.85 bits per heavy atom. The quantitative estimate of drug-likeness (QED) is 0.624. The molecule has 1 aromatic carbocycles. The summed E-state index contributed by atoms with van der Waals surface area (Å²) >= 11 is 0. The number of hydrogen-bond donors (Lipinski definition) is 0. The number of rotatable bonds is 0. The molecule has 20 heavy (non-hydrogen) atoms. The smallest absolute Gasteiger partial charge is 0.206 e. The van der Waals surface area contributed by atoms with Crippen LogP contribution in [0.1, 0.15) is 5.69 Å². The van der Waals surface area contributed by atoms with Gasteiger partial charge in [-0.1, -0.05) is 24.3 Å². The molecular weight excluding hydrogens is 252 g/mol. The lowest BCUT2D eigenvalue weighted by molar-refractivity contribution is 0.297. The van der Waals surface area contributed by atoms with Crippen LogP contribution in [0.25, 0.3) is 22.5 Å². The number of ether oxygens (including phenoxy) is 1. The van der Waals surface area contributed by atoms with Crippen molar-refractivity contribution in [3.05, 3.63) is 64.6 Å². The molecule has 96 valence electrons. The van der Waals surface area contributed by atoms with Gasteiger partial charge in [0.15, 0.2) is 0 Å². The van der Waals surface area contributed by atoms with Crippen LogP contribution in [-0.2, 0) is 6.61 Å². The zero-order valence-corrected chi connectivity index (χ0v) is 10.5. The average Bonchev–Trinajstić information content (AvgIpc) is 2.68. The van der Waals surface area contributed by atoms with E-state index in [9.17, 15) is 4.79 Å². The zero-order valence-electron chi connectivity index (χ0n) is 10.5. The molecule has 1 aliphatic carbocycles. The Morgan fingerprint density at radius 1 is 1.00 bits per heavy atom. The molecule has 0 aromatic heterocycles. The zero-order chi connectivity index (χ0) is 13.5. The maximum atomic E-state index is 11.9. The highest BCUT2D eigenvalue weighted by Crippen LogP contribution is 2.36. The van der Waals surface area contributed by atoms with Crippen LogP contribution in [0.4, 0.5) is 0 Å². The predicted octanol–water partition coefficient (Wildman–Crippen LogP) is 2.50. The summed E-state index contributed by atoms with van der Waals surface area (Å²) in [6.07, 6.45) is 1.77. The Hall–Kier alpha value is -2.75. The number of nitrogens with zero attached hydrogens (tertiary/aromatic N) is 2. The Balaban J connectivity index is 2.08. The molecule has 0 unspecified atom stereocenters. The molecule has 3 aliphatic rings. The maximum Gasteiger partial charge on any atom is 0.206 e. The van der Waals surface area contributed by atoms with E-state index < -0.39 is 0 Å². The molecule has 0 spiro atoms. The summed E-state index contributed by atoms with van der Waals surface area (Å²) in [7, 11) is 0. The van der Waals surface area contributed by atoms with Crippen molar-refractivity contribution in [2.24, 2.45) is 0 Å². The molecule has 0 N–H and O–H groups in total. The Kier molecular flexibility index (Phi) is 2.29. The molecule has 2 aliphatic heterocycles. The van der Waals surface area contributed by atoms with Crippen LogP contribution < -0.4 is 10.2 Å². The first-order valence-corrected chi connectivity index (χ1v) is 6.34. The first-order chi connectivity index (χ1) is 9.83. The van der Waals surface area contributed by atoms with Gasteiger partial charge < -0.3 is 4.74 Å². The number of para-hydroxylation sites is 2. The van der Waals surface area contributed by atoms with Crippen molar-refractivity contribution >= 4 is 0 Å². The molecule has 4 nitrogen and oxygen atoms in total. The third-order valence-electron chi connectivity index (χ3n) is 3.41. The van der Waals surface area contributed by atoms with Crippen molar-refractivity contribution in [3.63, 3.8) is 0 Å². The second kappa shape index (κ2) is 4.13. The average molecular weight is 262 g/mol. The van der Waals surface area contributed by atoms with E-state index in [4.69, 9.17) is 4.74 Å². The van der Waals surface area contributed by atoms with Gasteiger partial charge in [-0.15, -0.1) is 0 Å². The number of benzene rings is 2. The molecule has 0 bridgehead atoms. The van der Waals surface area contributed by atoms with E-state index in [2.05, 4.69) is 9.97 Å². The molecule has 1 aromatic rings. The van der Waals surface area contributed by atoms with E-state index in [-0.39, 0.29) is 5.43 Å². The van der Waals surface area contributed by atoms with Crippen molar-refractivity contribution in [3.8, 4) is 28.3 Å². The highest BCUT2D eigenvalue weighted by molar-refractivity contribution is 5.74. The van der Waals surface area contributed by atoms with Gasteiger partial charge in [0.25, 0.3) is 0 Å². The van der Waals surface area contributed by atoms with Crippen LogP contribution in [0.3, 0.4) is 0 Å². The van der Waals surface area contributed by atoms with Crippen molar-refractivity contribution in [2.75, 3.05) is 0 Å². The van der Waals surface area contributed by atoms with E-state index in [0.29, 0.717) is 18.0 Å². The number of fused-ring (bicyclic) bond motifs is 4. The largest absolute Gasteiger partial charge is 0.487 e. The molecule has 0 radical (unpaired) electrons. The van der Waals surface area contributed by atoms with Crippen LogP contribution in [-0.4, -0.2) is 9.97 Å². The first kappa shape index (κ1) is 11.1. The lowest BCUT2D eigenvalue weighted by Crippen LogP contribution is -2.09. The molecule has 0 saturated heterocycles. The minimum Gasteiger partial charge on any atom is -0.487 e. The monoisotopic (exact) mass is 262 g/mol. The van der Waals surface area contributed by atoms with Gasteiger partial charge in [0.05, 0.1) is 11.4 Å². The topological polar surface area (TPSA) is 52.1 Å². The highest BCUT2D eigenvalue weighted by Gasteiger charge is 2.19. The van der Waals surface area contributed by atoms with Gasteiger partial charge in [0, 0.05) is 17.3 Å². The second-order valence-electron chi connectivity index (χ2n) is 4.64. The fraction of sp³-hybridized carbons (Fsp3) is 0.0625. The van der Waals surface area contributed by atoms with Gasteiger partial charge in [0.1, 0.15) is 18.1 Å². The Bertz CT molecular complexity index is 845. The summed E-state index contributed by atoms with van der Waals surface area (Å²) in [5, 5.41) is 0. The van der Waals surface area contributed by atoms with Crippen molar-refractivity contribution in [2.45, 2.75) is 6.61 Å². The Morgan fingerprint density at radius 2 is 1.90 bits per heavy atom. The summed E-state index contributed by atoms with van der Waals surface area (Å²) in [5.74, 6) is 0.821. The highest BCUT2D eigenvalue weighted by atomic mass is 16.5. The summed E-state index contributed by atoms with van der Waals surface area (Å²) < 4.78 is 5.69. The van der Waals surface area contributed by atoms with Crippen LogP contribution >= 0.6 is 0 Å². The fourth-order valence-electron chi connectivity index (χ4n) is 2.43. The van der Waals surface area contributed by atoms with Gasteiger partial charge in [0.2, 0.25) is 5.43 Å². The lowest BCUT2D eigenvalue weighted by atomic mass is 10.0. The van der Waals surface area contributed by atoms with Crippen molar-refractivity contribution in [1.29, 1.82) is 0 Å². The van der Waals surface area contributed by atoms with Crippen LogP contribution in [0.15, 0.2) is 53.5 Å². The standard InChI is InChI=1S/C16H10N2O2/c19-14-6-3-5-12-16(14)18-13-9-20-15-7-2-1-4-10(15)11(13)8-17-12/h1-8H,9H2. The van der Waals surface area contributed by atoms with E-state index in [0.717, 1.165) is 22.6 Å². The second-order valence-corrected chi connectivity index (χ2v) is 4.64. The first-order valence-electron chi connectivity index (χ1n) is 6.34. The van der Waals surface area contributed by atoms with E-state index >= 15 is 0 Å². The Labute approximate surface area is 115 Å². The molecule has 2 heterocycles. The van der Waals surface area contributed by atoms with Gasteiger partial charge in [-0.25, -0.2) is 4.98 Å². The van der Waals surface area contributed by atoms with Crippen LogP contribution in [0.5, 0.6) is 5.75 Å². The van der Waals surface area contributed by atoms with E-state index in [1.165, 1.54) is 6.07 Å². The van der Waals surface area contributed by atoms with Gasteiger partial charge in [-0.05, 0) is 18.2 Å². The van der Waals surface area contributed by atoms with E-state index in [1.54, 1.807) is 18.3 Å². The molecule has 4 rings (SSSR count). The summed E-state index contributed by atoms with van der Waals surface area (Å²) in [6.45, 7) is 0.353. The minimum absolute atomic E-state index is 0.118. The fourth-order valence-corrected chi connectivity index (χ4v) is 2.43. The minimum atomic E-state index is -0.118. The summed E-state index contributed by atoms with van der Waals surface area (Å²) in [6, 6.07) is 12.8. The molecule has 0 fully saturated rings. The molecular formula is C16H10N2O2. The SMILES string of the molecule is O=c1cccc2ncc3c(nc1-2)COc1ccccc1-3. The lowest BCUT2D eigenvalue weighted by Gasteiger charge is -2.17. The molecule has 4 heteroatoms. The van der Waals surface area contributed by atoms with Crippen molar-refractivity contribution in [1.82, 2.24) is 9.97 Å². The molecule has 0 atom stereocenters. The van der Waals surface area contributed by atoms with Crippen LogP contribution in [0, 0.1) is 0 Å². The van der Waals surface area contributed by atoms with Crippen LogP contribution in [0.2, 0.25) is 0 Å². The number of aromatic nitrogens is 2. The molecule has 0 amide bonds. The summed E-state index contributed by atoms with van der Waals surface area (Å²) in [5.41, 5.74) is 3.49. The number of hydrogen-bond acceptors (Lipinski definition) is 4.